The topological polar surface area (TPSA) is 54.5 Å². The molecule has 1 aliphatic rings. The van der Waals surface area contributed by atoms with Crippen LogP contribution in [0.15, 0.2) is 48.5 Å². The fourth-order valence-electron chi connectivity index (χ4n) is 2.92. The average molecular weight is 364 g/mol. The normalized spacial score (nSPS) is 17.9. The van der Waals surface area contributed by atoms with Crippen molar-refractivity contribution in [1.29, 1.82) is 0 Å². The molecule has 1 saturated heterocycles. The molecule has 4 nitrogen and oxygen atoms in total. The molecule has 0 radical (unpaired) electrons. The number of sulfone groups is 1. The number of hydrogen-bond acceptors (Lipinski definition) is 3. The van der Waals surface area contributed by atoms with Crippen LogP contribution in [0.5, 0.6) is 0 Å². The molecule has 0 aliphatic carbocycles. The molecule has 0 N–H and O–H groups in total. The van der Waals surface area contributed by atoms with Gasteiger partial charge < -0.3 is 4.90 Å². The Morgan fingerprint density at radius 2 is 1.83 bits per heavy atom. The van der Waals surface area contributed by atoms with Gasteiger partial charge in [0.15, 0.2) is 9.84 Å². The molecule has 1 aliphatic heterocycles. The van der Waals surface area contributed by atoms with Gasteiger partial charge in [0.2, 0.25) is 0 Å². The molecule has 0 spiro atoms. The Kier molecular flexibility index (Phi) is 4.65. The summed E-state index contributed by atoms with van der Waals surface area (Å²) in [4.78, 5) is 14.1. The van der Waals surface area contributed by atoms with Crippen molar-refractivity contribution in [3.8, 4) is 11.1 Å². The van der Waals surface area contributed by atoms with E-state index in [9.17, 15) is 13.2 Å². The van der Waals surface area contributed by atoms with E-state index in [1.54, 1.807) is 17.0 Å². The average Bonchev–Trinajstić information content (AvgIpc) is 3.04. The van der Waals surface area contributed by atoms with E-state index < -0.39 is 15.1 Å². The summed E-state index contributed by atoms with van der Waals surface area (Å²) in [6, 6.07) is 14.8. The summed E-state index contributed by atoms with van der Waals surface area (Å²) in [5, 5.41) is 0.212. The van der Waals surface area contributed by atoms with Gasteiger partial charge in [-0.2, -0.15) is 0 Å². The first-order chi connectivity index (χ1) is 11.3. The number of benzene rings is 2. The summed E-state index contributed by atoms with van der Waals surface area (Å²) in [7, 11) is -3.10. The van der Waals surface area contributed by atoms with Crippen molar-refractivity contribution in [3.63, 3.8) is 0 Å². The predicted molar refractivity (Wildman–Crippen MR) is 96.0 cm³/mol. The molecule has 1 heterocycles. The summed E-state index contributed by atoms with van der Waals surface area (Å²) in [5.74, 6) is -0.126. The summed E-state index contributed by atoms with van der Waals surface area (Å²) in [5.41, 5.74) is 2.53. The van der Waals surface area contributed by atoms with Crippen molar-refractivity contribution < 1.29 is 13.2 Å². The molecule has 2 aromatic carbocycles. The smallest absolute Gasteiger partial charge is 0.253 e. The maximum Gasteiger partial charge on any atom is 0.253 e. The van der Waals surface area contributed by atoms with Crippen LogP contribution in [-0.2, 0) is 9.84 Å². The predicted octanol–water partition coefficient (Wildman–Crippen LogP) is 3.27. The second-order valence-corrected chi connectivity index (χ2v) is 8.84. The van der Waals surface area contributed by atoms with Crippen molar-refractivity contribution >= 4 is 27.3 Å². The van der Waals surface area contributed by atoms with Gasteiger partial charge in [-0.3, -0.25) is 4.79 Å². The molecule has 126 valence electrons. The van der Waals surface area contributed by atoms with Gasteiger partial charge in [0.25, 0.3) is 5.91 Å². The Labute approximate surface area is 147 Å². The zero-order valence-corrected chi connectivity index (χ0v) is 14.8. The van der Waals surface area contributed by atoms with E-state index >= 15 is 0 Å². The summed E-state index contributed by atoms with van der Waals surface area (Å²) >= 11 is 6.00. The molecular weight excluding hydrogens is 346 g/mol. The van der Waals surface area contributed by atoms with Gasteiger partial charge in [-0.05, 0) is 41.8 Å². The molecule has 2 aromatic rings. The maximum absolute atomic E-state index is 12.5. The first kappa shape index (κ1) is 17.0. The van der Waals surface area contributed by atoms with Crippen LogP contribution in [0.3, 0.4) is 0 Å². The number of hydrogen-bond donors (Lipinski definition) is 0. The summed E-state index contributed by atoms with van der Waals surface area (Å²) in [6.07, 6.45) is 1.73. The van der Waals surface area contributed by atoms with E-state index in [1.807, 2.05) is 36.4 Å². The molecular formula is C18H18ClNO3S. The Morgan fingerprint density at radius 1 is 1.12 bits per heavy atom. The van der Waals surface area contributed by atoms with E-state index in [-0.39, 0.29) is 12.5 Å². The number of likely N-dealkylation sites (tertiary alicyclic amines) is 1. The van der Waals surface area contributed by atoms with Gasteiger partial charge in [-0.15, -0.1) is 0 Å². The van der Waals surface area contributed by atoms with E-state index in [0.717, 1.165) is 11.1 Å². The Bertz CT molecular complexity index is 862. The van der Waals surface area contributed by atoms with Crippen molar-refractivity contribution in [2.75, 3.05) is 19.3 Å². The quantitative estimate of drug-likeness (QED) is 0.841. The molecule has 0 aromatic heterocycles. The van der Waals surface area contributed by atoms with Crippen LogP contribution in [0.2, 0.25) is 5.02 Å². The lowest BCUT2D eigenvalue weighted by Gasteiger charge is -2.16. The van der Waals surface area contributed by atoms with Crippen LogP contribution >= 0.6 is 11.6 Å². The first-order valence-electron chi connectivity index (χ1n) is 7.69. The Hall–Kier alpha value is -1.85. The lowest BCUT2D eigenvalue weighted by molar-refractivity contribution is 0.0793. The third-order valence-corrected chi connectivity index (χ3v) is 6.16. The van der Waals surface area contributed by atoms with Crippen LogP contribution in [-0.4, -0.2) is 43.8 Å². The maximum atomic E-state index is 12.5. The van der Waals surface area contributed by atoms with Crippen molar-refractivity contribution in [2.45, 2.75) is 11.7 Å². The molecule has 3 rings (SSSR count). The molecule has 0 saturated carbocycles. The zero-order valence-electron chi connectivity index (χ0n) is 13.3. The van der Waals surface area contributed by atoms with Crippen LogP contribution in [0, 0.1) is 0 Å². The van der Waals surface area contributed by atoms with Crippen molar-refractivity contribution in [2.24, 2.45) is 0 Å². The van der Waals surface area contributed by atoms with E-state index in [0.29, 0.717) is 23.6 Å². The highest BCUT2D eigenvalue weighted by Gasteiger charge is 2.32. The minimum absolute atomic E-state index is 0.126. The van der Waals surface area contributed by atoms with Crippen LogP contribution < -0.4 is 0 Å². The van der Waals surface area contributed by atoms with E-state index in [1.165, 1.54) is 6.26 Å². The molecule has 1 unspecified atom stereocenters. The van der Waals surface area contributed by atoms with E-state index in [2.05, 4.69) is 0 Å². The monoisotopic (exact) mass is 363 g/mol. The number of carbonyl (C=O) groups is 1. The molecule has 1 fully saturated rings. The number of amides is 1. The number of rotatable bonds is 3. The van der Waals surface area contributed by atoms with Crippen molar-refractivity contribution in [3.05, 3.63) is 59.1 Å². The highest BCUT2D eigenvalue weighted by Crippen LogP contribution is 2.24. The molecule has 24 heavy (non-hydrogen) atoms. The Balaban J connectivity index is 1.75. The minimum atomic E-state index is -3.10. The fourth-order valence-corrected chi connectivity index (χ4v) is 4.09. The fraction of sp³-hybridized carbons (Fsp3) is 0.278. The summed E-state index contributed by atoms with van der Waals surface area (Å²) in [6.45, 7) is 0.750. The standard InChI is InChI=1S/C18H18ClNO3S/c1-24(22,23)17-9-10-20(12-17)18(21)14-7-5-13(6-8-14)15-3-2-4-16(19)11-15/h2-8,11,17H,9-10,12H2,1H3. The van der Waals surface area contributed by atoms with Crippen molar-refractivity contribution in [1.82, 2.24) is 4.90 Å². The summed E-state index contributed by atoms with van der Waals surface area (Å²) < 4.78 is 23.2. The highest BCUT2D eigenvalue weighted by molar-refractivity contribution is 7.91. The van der Waals surface area contributed by atoms with Crippen LogP contribution in [0.25, 0.3) is 11.1 Å². The zero-order chi connectivity index (χ0) is 17.3. The number of nitrogens with zero attached hydrogens (tertiary/aromatic N) is 1. The minimum Gasteiger partial charge on any atom is -0.337 e. The second kappa shape index (κ2) is 6.57. The largest absolute Gasteiger partial charge is 0.337 e. The van der Waals surface area contributed by atoms with Gasteiger partial charge in [-0.1, -0.05) is 35.9 Å². The lowest BCUT2D eigenvalue weighted by atomic mass is 10.0. The van der Waals surface area contributed by atoms with E-state index in [4.69, 9.17) is 11.6 Å². The third-order valence-electron chi connectivity index (χ3n) is 4.33. The molecule has 0 bridgehead atoms. The third kappa shape index (κ3) is 3.62. The van der Waals surface area contributed by atoms with Gasteiger partial charge in [0.05, 0.1) is 5.25 Å². The van der Waals surface area contributed by atoms with Crippen LogP contribution in [0.1, 0.15) is 16.8 Å². The molecule has 1 atom stereocenters. The Morgan fingerprint density at radius 3 is 2.42 bits per heavy atom. The SMILES string of the molecule is CS(=O)(=O)C1CCN(C(=O)c2ccc(-c3cccc(Cl)c3)cc2)C1. The van der Waals surface area contributed by atoms with Crippen LogP contribution in [0.4, 0.5) is 0 Å². The first-order valence-corrected chi connectivity index (χ1v) is 10.0. The lowest BCUT2D eigenvalue weighted by Crippen LogP contribution is -2.31. The number of carbonyl (C=O) groups excluding carboxylic acids is 1. The van der Waals surface area contributed by atoms with Gasteiger partial charge >= 0.3 is 0 Å². The molecule has 6 heteroatoms. The van der Waals surface area contributed by atoms with Gasteiger partial charge in [0.1, 0.15) is 0 Å². The second-order valence-electron chi connectivity index (χ2n) is 6.08. The van der Waals surface area contributed by atoms with Gasteiger partial charge in [-0.25, -0.2) is 8.42 Å². The molecule has 1 amide bonds. The highest BCUT2D eigenvalue weighted by atomic mass is 35.5. The van der Waals surface area contributed by atoms with Gasteiger partial charge in [0, 0.05) is 29.9 Å². The number of halogens is 1.